The molecule has 0 aromatic heterocycles. The Balaban J connectivity index is 2.70. The molecule has 1 aromatic carbocycles. The van der Waals surface area contributed by atoms with Gasteiger partial charge in [-0.25, -0.2) is 8.42 Å². The van der Waals surface area contributed by atoms with Crippen molar-refractivity contribution < 1.29 is 17.9 Å². The lowest BCUT2D eigenvalue weighted by molar-refractivity contribution is -0.120. The average Bonchev–Trinajstić information content (AvgIpc) is 2.44. The molecule has 1 N–H and O–H groups in total. The van der Waals surface area contributed by atoms with Crippen LogP contribution in [0.2, 0.25) is 0 Å². The molecule has 124 valence electrons. The number of carbonyl (C=O) groups is 1. The van der Waals surface area contributed by atoms with Crippen LogP contribution >= 0.6 is 0 Å². The Hall–Kier alpha value is -1.40. The number of methoxy groups -OCH3 is 1. The minimum absolute atomic E-state index is 0.0564. The Morgan fingerprint density at radius 2 is 1.77 bits per heavy atom. The van der Waals surface area contributed by atoms with Crippen LogP contribution in [0.4, 0.5) is 0 Å². The van der Waals surface area contributed by atoms with E-state index >= 15 is 0 Å². The summed E-state index contributed by atoms with van der Waals surface area (Å²) in [6.07, 6.45) is 0.978. The fourth-order valence-corrected chi connectivity index (χ4v) is 3.02. The van der Waals surface area contributed by atoms with Gasteiger partial charge in [-0.05, 0) is 30.4 Å². The first-order valence-electron chi connectivity index (χ1n) is 7.37. The molecular formula is C16H25NO4S. The third kappa shape index (κ3) is 6.15. The van der Waals surface area contributed by atoms with E-state index in [9.17, 15) is 13.2 Å². The van der Waals surface area contributed by atoms with Gasteiger partial charge in [0.1, 0.15) is 0 Å². The lowest BCUT2D eigenvalue weighted by atomic mass is 9.96. The van der Waals surface area contributed by atoms with Crippen molar-refractivity contribution in [2.45, 2.75) is 33.1 Å². The molecule has 1 aromatic rings. The summed E-state index contributed by atoms with van der Waals surface area (Å²) >= 11 is 0. The van der Waals surface area contributed by atoms with Gasteiger partial charge >= 0.3 is 0 Å². The second kappa shape index (κ2) is 8.29. The summed E-state index contributed by atoms with van der Waals surface area (Å²) in [6, 6.07) is 7.73. The van der Waals surface area contributed by atoms with Gasteiger partial charge < -0.3 is 4.74 Å². The summed E-state index contributed by atoms with van der Waals surface area (Å²) < 4.78 is 30.2. The van der Waals surface area contributed by atoms with Crippen LogP contribution < -0.4 is 4.72 Å². The van der Waals surface area contributed by atoms with Crippen molar-refractivity contribution in [1.29, 1.82) is 0 Å². The maximum absolute atomic E-state index is 12.1. The van der Waals surface area contributed by atoms with Crippen LogP contribution in [-0.4, -0.2) is 33.8 Å². The smallest absolute Gasteiger partial charge is 0.240 e. The number of sulfonamides is 1. The van der Waals surface area contributed by atoms with Crippen molar-refractivity contribution in [3.8, 4) is 0 Å². The molecule has 0 heterocycles. The Morgan fingerprint density at radius 3 is 2.27 bits per heavy atom. The van der Waals surface area contributed by atoms with E-state index in [1.807, 2.05) is 24.3 Å². The van der Waals surface area contributed by atoms with Gasteiger partial charge in [-0.1, -0.05) is 38.1 Å². The normalized spacial score (nSPS) is 13.1. The largest absolute Gasteiger partial charge is 0.384 e. The predicted octanol–water partition coefficient (Wildman–Crippen LogP) is 2.08. The van der Waals surface area contributed by atoms with Gasteiger partial charge in [0.2, 0.25) is 15.9 Å². The van der Waals surface area contributed by atoms with Crippen molar-refractivity contribution in [3.05, 3.63) is 35.4 Å². The van der Waals surface area contributed by atoms with Crippen LogP contribution in [0.3, 0.4) is 0 Å². The van der Waals surface area contributed by atoms with Crippen LogP contribution in [0.5, 0.6) is 0 Å². The number of benzene rings is 1. The first-order chi connectivity index (χ1) is 10.2. The topological polar surface area (TPSA) is 72.5 Å². The predicted molar refractivity (Wildman–Crippen MR) is 87.2 cm³/mol. The summed E-state index contributed by atoms with van der Waals surface area (Å²) in [5.41, 5.74) is 2.01. The van der Waals surface area contributed by atoms with Crippen LogP contribution in [-0.2, 0) is 26.0 Å². The summed E-state index contributed by atoms with van der Waals surface area (Å²) in [5, 5.41) is 0. The lowest BCUT2D eigenvalue weighted by Gasteiger charge is -2.14. The maximum atomic E-state index is 12.1. The number of ether oxygens (including phenoxy) is 1. The molecule has 1 amide bonds. The number of amides is 1. The monoisotopic (exact) mass is 327 g/mol. The highest BCUT2D eigenvalue weighted by Gasteiger charge is 2.21. The molecule has 0 aliphatic carbocycles. The number of hydrogen-bond donors (Lipinski definition) is 1. The maximum Gasteiger partial charge on any atom is 0.240 e. The van der Waals surface area contributed by atoms with Gasteiger partial charge in [0, 0.05) is 7.11 Å². The highest BCUT2D eigenvalue weighted by molar-refractivity contribution is 7.90. The Bertz CT molecular complexity index is 579. The zero-order valence-electron chi connectivity index (χ0n) is 13.6. The first kappa shape index (κ1) is 18.6. The van der Waals surface area contributed by atoms with E-state index in [1.165, 1.54) is 12.7 Å². The lowest BCUT2D eigenvalue weighted by Crippen LogP contribution is -2.36. The molecule has 0 aliphatic heterocycles. The first-order valence-corrected chi connectivity index (χ1v) is 9.02. The summed E-state index contributed by atoms with van der Waals surface area (Å²) in [5.74, 6) is -0.703. The van der Waals surface area contributed by atoms with E-state index in [1.54, 1.807) is 6.92 Å². The molecule has 5 nitrogen and oxygen atoms in total. The molecular weight excluding hydrogens is 302 g/mol. The van der Waals surface area contributed by atoms with Gasteiger partial charge in [0.15, 0.2) is 0 Å². The van der Waals surface area contributed by atoms with E-state index < -0.39 is 21.8 Å². The van der Waals surface area contributed by atoms with Crippen molar-refractivity contribution >= 4 is 15.9 Å². The van der Waals surface area contributed by atoms with Gasteiger partial charge in [0.25, 0.3) is 0 Å². The Morgan fingerprint density at radius 1 is 1.18 bits per heavy atom. The van der Waals surface area contributed by atoms with Crippen molar-refractivity contribution in [2.75, 3.05) is 19.5 Å². The van der Waals surface area contributed by atoms with Crippen molar-refractivity contribution in [1.82, 2.24) is 4.72 Å². The third-order valence-corrected chi connectivity index (χ3v) is 4.55. The van der Waals surface area contributed by atoms with E-state index in [0.29, 0.717) is 5.92 Å². The van der Waals surface area contributed by atoms with Crippen LogP contribution in [0, 0.1) is 5.92 Å². The summed E-state index contributed by atoms with van der Waals surface area (Å²) in [4.78, 5) is 12.1. The second-order valence-electron chi connectivity index (χ2n) is 5.84. The number of nitrogens with one attached hydrogen (secondary N) is 1. The van der Waals surface area contributed by atoms with Gasteiger partial charge in [-0.3, -0.25) is 9.52 Å². The average molecular weight is 327 g/mol. The fourth-order valence-electron chi connectivity index (χ4n) is 2.05. The van der Waals surface area contributed by atoms with Crippen LogP contribution in [0.25, 0.3) is 0 Å². The summed E-state index contributed by atoms with van der Waals surface area (Å²) in [6.45, 7) is 6.04. The minimum atomic E-state index is -3.64. The van der Waals surface area contributed by atoms with E-state index in [-0.39, 0.29) is 12.4 Å². The molecule has 0 saturated heterocycles. The molecule has 0 bridgehead atoms. The Labute approximate surface area is 133 Å². The third-order valence-electron chi connectivity index (χ3n) is 3.33. The van der Waals surface area contributed by atoms with Crippen molar-refractivity contribution in [2.24, 2.45) is 5.92 Å². The molecule has 0 aliphatic rings. The van der Waals surface area contributed by atoms with Crippen LogP contribution in [0.1, 0.15) is 37.8 Å². The SMILES string of the molecule is COCCS(=O)(=O)NC(=O)C(C)c1ccc(CC(C)C)cc1. The van der Waals surface area contributed by atoms with E-state index in [0.717, 1.165) is 12.0 Å². The molecule has 1 atom stereocenters. The van der Waals surface area contributed by atoms with E-state index in [4.69, 9.17) is 4.74 Å². The molecule has 0 saturated carbocycles. The number of hydrogen-bond acceptors (Lipinski definition) is 4. The number of rotatable bonds is 8. The zero-order valence-corrected chi connectivity index (χ0v) is 14.4. The molecule has 0 radical (unpaired) electrons. The standard InChI is InChI=1S/C16H25NO4S/c1-12(2)11-14-5-7-15(8-6-14)13(3)16(18)17-22(19,20)10-9-21-4/h5-8,12-13H,9-11H2,1-4H3,(H,17,18). The summed E-state index contributed by atoms with van der Waals surface area (Å²) in [7, 11) is -2.23. The fraction of sp³-hybridized carbons (Fsp3) is 0.562. The molecule has 1 rings (SSSR count). The highest BCUT2D eigenvalue weighted by atomic mass is 32.2. The Kier molecular flexibility index (Phi) is 7.03. The second-order valence-corrected chi connectivity index (χ2v) is 7.68. The molecule has 22 heavy (non-hydrogen) atoms. The minimum Gasteiger partial charge on any atom is -0.384 e. The van der Waals surface area contributed by atoms with Crippen molar-refractivity contribution in [3.63, 3.8) is 0 Å². The number of carbonyl (C=O) groups excluding carboxylic acids is 1. The quantitative estimate of drug-likeness (QED) is 0.793. The van der Waals surface area contributed by atoms with Crippen LogP contribution in [0.15, 0.2) is 24.3 Å². The molecule has 0 fully saturated rings. The highest BCUT2D eigenvalue weighted by Crippen LogP contribution is 2.18. The molecule has 1 unspecified atom stereocenters. The van der Waals surface area contributed by atoms with Gasteiger partial charge in [0.05, 0.1) is 18.3 Å². The molecule has 6 heteroatoms. The molecule has 0 spiro atoms. The zero-order chi connectivity index (χ0) is 16.8. The van der Waals surface area contributed by atoms with E-state index in [2.05, 4.69) is 18.6 Å². The van der Waals surface area contributed by atoms with Gasteiger partial charge in [-0.15, -0.1) is 0 Å². The van der Waals surface area contributed by atoms with Gasteiger partial charge in [-0.2, -0.15) is 0 Å².